The first kappa shape index (κ1) is 13.9. The van der Waals surface area contributed by atoms with Crippen LogP contribution in [-0.2, 0) is 0 Å². The van der Waals surface area contributed by atoms with Gasteiger partial charge in [0, 0.05) is 11.8 Å². The van der Waals surface area contributed by atoms with E-state index in [2.05, 4.69) is 10.1 Å². The second-order valence-corrected chi connectivity index (χ2v) is 5.46. The normalized spacial score (nSPS) is 10.8. The number of aromatic nitrogens is 3. The lowest BCUT2D eigenvalue weighted by Crippen LogP contribution is -1.98. The van der Waals surface area contributed by atoms with Gasteiger partial charge in [0.2, 0.25) is 0 Å². The third kappa shape index (κ3) is 2.60. The lowest BCUT2D eigenvalue weighted by atomic mass is 10.1. The van der Waals surface area contributed by atoms with Crippen molar-refractivity contribution in [3.05, 3.63) is 58.3 Å². The molecule has 0 amide bonds. The van der Waals surface area contributed by atoms with Crippen LogP contribution in [0, 0.1) is 6.92 Å². The maximum atomic E-state index is 6.23. The van der Waals surface area contributed by atoms with Gasteiger partial charge < -0.3 is 5.73 Å². The van der Waals surface area contributed by atoms with Crippen molar-refractivity contribution in [2.45, 2.75) is 6.92 Å². The van der Waals surface area contributed by atoms with Crippen LogP contribution in [0.1, 0.15) is 5.56 Å². The molecular formula is C15H12Cl2N4. The van der Waals surface area contributed by atoms with Crippen molar-refractivity contribution in [3.63, 3.8) is 0 Å². The Bertz CT molecular complexity index is 811. The smallest absolute Gasteiger partial charge is 0.153 e. The van der Waals surface area contributed by atoms with Crippen molar-refractivity contribution in [3.8, 4) is 17.1 Å². The van der Waals surface area contributed by atoms with Gasteiger partial charge in [-0.05, 0) is 30.7 Å². The molecule has 0 aliphatic rings. The molecule has 106 valence electrons. The molecule has 6 heteroatoms. The Morgan fingerprint density at radius 2 is 2.00 bits per heavy atom. The molecule has 3 aromatic rings. The van der Waals surface area contributed by atoms with Crippen molar-refractivity contribution < 1.29 is 0 Å². The van der Waals surface area contributed by atoms with E-state index in [1.807, 2.05) is 31.2 Å². The minimum Gasteiger partial charge on any atom is -0.396 e. The van der Waals surface area contributed by atoms with E-state index in [1.165, 1.54) is 0 Å². The number of nitrogens with zero attached hydrogens (tertiary/aromatic N) is 3. The maximum absolute atomic E-state index is 6.23. The van der Waals surface area contributed by atoms with Gasteiger partial charge in [-0.15, -0.1) is 0 Å². The quantitative estimate of drug-likeness (QED) is 0.772. The fourth-order valence-electron chi connectivity index (χ4n) is 2.05. The van der Waals surface area contributed by atoms with Crippen LogP contribution in [0.4, 0.5) is 5.69 Å². The molecule has 1 aromatic carbocycles. The fourth-order valence-corrected chi connectivity index (χ4v) is 2.44. The largest absolute Gasteiger partial charge is 0.396 e. The summed E-state index contributed by atoms with van der Waals surface area (Å²) in [7, 11) is 0. The summed E-state index contributed by atoms with van der Waals surface area (Å²) in [5, 5.41) is 5.39. The zero-order chi connectivity index (χ0) is 15.0. The Kier molecular flexibility index (Phi) is 3.57. The molecule has 2 aromatic heterocycles. The molecule has 0 aliphatic carbocycles. The van der Waals surface area contributed by atoms with E-state index in [0.29, 0.717) is 32.8 Å². The predicted molar refractivity (Wildman–Crippen MR) is 86.0 cm³/mol. The van der Waals surface area contributed by atoms with E-state index in [-0.39, 0.29) is 0 Å². The van der Waals surface area contributed by atoms with E-state index in [9.17, 15) is 0 Å². The minimum atomic E-state index is 0.438. The van der Waals surface area contributed by atoms with Crippen LogP contribution in [0.15, 0.2) is 42.7 Å². The van der Waals surface area contributed by atoms with E-state index in [4.69, 9.17) is 28.9 Å². The van der Waals surface area contributed by atoms with Crippen LogP contribution in [-0.4, -0.2) is 14.8 Å². The average molecular weight is 319 g/mol. The summed E-state index contributed by atoms with van der Waals surface area (Å²) in [6, 6.07) is 9.22. The molecule has 2 N–H and O–H groups in total. The van der Waals surface area contributed by atoms with E-state index in [1.54, 1.807) is 23.1 Å². The number of anilines is 1. The van der Waals surface area contributed by atoms with Crippen LogP contribution in [0.2, 0.25) is 10.0 Å². The van der Waals surface area contributed by atoms with Crippen LogP contribution in [0.25, 0.3) is 17.1 Å². The van der Waals surface area contributed by atoms with Gasteiger partial charge in [-0.3, -0.25) is 0 Å². The van der Waals surface area contributed by atoms with Crippen LogP contribution >= 0.6 is 23.2 Å². The van der Waals surface area contributed by atoms with Crippen molar-refractivity contribution in [2.75, 3.05) is 5.73 Å². The topological polar surface area (TPSA) is 56.7 Å². The molecule has 2 heterocycles. The average Bonchev–Trinajstić information content (AvgIpc) is 2.84. The Morgan fingerprint density at radius 1 is 1.19 bits per heavy atom. The highest BCUT2D eigenvalue weighted by Crippen LogP contribution is 2.35. The summed E-state index contributed by atoms with van der Waals surface area (Å²) in [4.78, 5) is 4.28. The lowest BCUT2D eigenvalue weighted by Gasteiger charge is -2.04. The molecule has 0 fully saturated rings. The lowest BCUT2D eigenvalue weighted by molar-refractivity contribution is 0.848. The zero-order valence-corrected chi connectivity index (χ0v) is 12.7. The number of pyridine rings is 1. The molecule has 0 saturated heterocycles. The zero-order valence-electron chi connectivity index (χ0n) is 11.2. The summed E-state index contributed by atoms with van der Waals surface area (Å²) in [5.41, 5.74) is 8.96. The SMILES string of the molecule is Cc1ccnc(-n2cc(N)c(-c3cccc(Cl)c3Cl)n2)c1. The highest BCUT2D eigenvalue weighted by Gasteiger charge is 2.14. The Morgan fingerprint density at radius 3 is 2.76 bits per heavy atom. The molecule has 0 saturated carbocycles. The Balaban J connectivity index is 2.12. The summed E-state index contributed by atoms with van der Waals surface area (Å²) >= 11 is 12.3. The second-order valence-electron chi connectivity index (χ2n) is 4.67. The molecule has 0 aliphatic heterocycles. The number of nitrogen functional groups attached to an aromatic ring is 1. The molecule has 0 bridgehead atoms. The molecule has 0 unspecified atom stereocenters. The third-order valence-electron chi connectivity index (χ3n) is 3.08. The van der Waals surface area contributed by atoms with Crippen molar-refractivity contribution in [2.24, 2.45) is 0 Å². The first-order valence-electron chi connectivity index (χ1n) is 6.29. The Hall–Kier alpha value is -2.04. The highest BCUT2D eigenvalue weighted by atomic mass is 35.5. The minimum absolute atomic E-state index is 0.438. The maximum Gasteiger partial charge on any atom is 0.153 e. The van der Waals surface area contributed by atoms with Gasteiger partial charge in [-0.1, -0.05) is 35.3 Å². The van der Waals surface area contributed by atoms with Crippen LogP contribution in [0.5, 0.6) is 0 Å². The molecule has 4 nitrogen and oxygen atoms in total. The third-order valence-corrected chi connectivity index (χ3v) is 3.90. The number of rotatable bonds is 2. The first-order chi connectivity index (χ1) is 10.1. The summed E-state index contributed by atoms with van der Waals surface area (Å²) in [5.74, 6) is 0.700. The number of nitrogens with two attached hydrogens (primary N) is 1. The molecule has 0 atom stereocenters. The van der Waals surface area contributed by atoms with Gasteiger partial charge in [-0.25, -0.2) is 9.67 Å². The predicted octanol–water partition coefficient (Wildman–Crippen LogP) is 4.13. The molecular weight excluding hydrogens is 307 g/mol. The summed E-state index contributed by atoms with van der Waals surface area (Å²) in [6.07, 6.45) is 3.45. The standard InChI is InChI=1S/C15H12Cl2N4/c1-9-5-6-19-13(7-9)21-8-12(18)15(20-21)10-3-2-4-11(16)14(10)17/h2-8H,18H2,1H3. The number of aryl methyl sites for hydroxylation is 1. The summed E-state index contributed by atoms with van der Waals surface area (Å²) in [6.45, 7) is 1.99. The fraction of sp³-hybridized carbons (Fsp3) is 0.0667. The monoisotopic (exact) mass is 318 g/mol. The van der Waals surface area contributed by atoms with E-state index < -0.39 is 0 Å². The Labute approximate surface area is 132 Å². The summed E-state index contributed by atoms with van der Waals surface area (Å²) < 4.78 is 1.63. The van der Waals surface area contributed by atoms with Crippen molar-refractivity contribution in [1.29, 1.82) is 0 Å². The van der Waals surface area contributed by atoms with Gasteiger partial charge in [0.25, 0.3) is 0 Å². The molecule has 3 rings (SSSR count). The number of hydrogen-bond acceptors (Lipinski definition) is 3. The van der Waals surface area contributed by atoms with Crippen molar-refractivity contribution in [1.82, 2.24) is 14.8 Å². The van der Waals surface area contributed by atoms with Gasteiger partial charge >= 0.3 is 0 Å². The van der Waals surface area contributed by atoms with Gasteiger partial charge in [0.15, 0.2) is 5.82 Å². The molecule has 21 heavy (non-hydrogen) atoms. The molecule has 0 radical (unpaired) electrons. The van der Waals surface area contributed by atoms with Gasteiger partial charge in [-0.2, -0.15) is 5.10 Å². The first-order valence-corrected chi connectivity index (χ1v) is 7.04. The second kappa shape index (κ2) is 5.39. The van der Waals surface area contributed by atoms with E-state index >= 15 is 0 Å². The van der Waals surface area contributed by atoms with Crippen LogP contribution in [0.3, 0.4) is 0 Å². The van der Waals surface area contributed by atoms with E-state index in [0.717, 1.165) is 5.56 Å². The van der Waals surface area contributed by atoms with Crippen molar-refractivity contribution >= 4 is 28.9 Å². The highest BCUT2D eigenvalue weighted by molar-refractivity contribution is 6.43. The number of halogens is 2. The van der Waals surface area contributed by atoms with Gasteiger partial charge in [0.05, 0.1) is 21.9 Å². The van der Waals surface area contributed by atoms with Crippen LogP contribution < -0.4 is 5.73 Å². The number of benzene rings is 1. The molecule has 0 spiro atoms. The van der Waals surface area contributed by atoms with Gasteiger partial charge in [0.1, 0.15) is 5.69 Å². The number of hydrogen-bond donors (Lipinski definition) is 1.